The fourth-order valence-corrected chi connectivity index (χ4v) is 2.50. The van der Waals surface area contributed by atoms with E-state index >= 15 is 0 Å². The number of aliphatic carboxylic acids is 1. The van der Waals surface area contributed by atoms with Gasteiger partial charge in [-0.05, 0) is 6.42 Å². The van der Waals surface area contributed by atoms with Gasteiger partial charge in [0.1, 0.15) is 6.04 Å². The molecule has 0 aromatic heterocycles. The van der Waals surface area contributed by atoms with E-state index in [1.165, 1.54) is 4.90 Å². The zero-order valence-electron chi connectivity index (χ0n) is 8.23. The van der Waals surface area contributed by atoms with Gasteiger partial charge >= 0.3 is 5.97 Å². The molecule has 0 bridgehead atoms. The highest BCUT2D eigenvalue weighted by molar-refractivity contribution is 7.99. The molecule has 0 aliphatic carbocycles. The first-order chi connectivity index (χ1) is 6.66. The van der Waals surface area contributed by atoms with Gasteiger partial charge < -0.3 is 10.0 Å². The van der Waals surface area contributed by atoms with E-state index in [9.17, 15) is 9.59 Å². The van der Waals surface area contributed by atoms with Crippen molar-refractivity contribution in [3.63, 3.8) is 0 Å². The predicted molar refractivity (Wildman–Crippen MR) is 55.4 cm³/mol. The summed E-state index contributed by atoms with van der Waals surface area (Å²) in [5.74, 6) is 0.450. The number of nitrogens with zero attached hydrogens (tertiary/aromatic N) is 1. The Morgan fingerprint density at radius 2 is 2.29 bits per heavy atom. The van der Waals surface area contributed by atoms with E-state index in [-0.39, 0.29) is 5.91 Å². The summed E-state index contributed by atoms with van der Waals surface area (Å²) < 4.78 is 0. The maximum atomic E-state index is 11.6. The molecule has 1 heterocycles. The van der Waals surface area contributed by atoms with Crippen LogP contribution in [-0.4, -0.2) is 46.0 Å². The highest BCUT2D eigenvalue weighted by Gasteiger charge is 2.31. The average Bonchev–Trinajstić information content (AvgIpc) is 2.18. The lowest BCUT2D eigenvalue weighted by Gasteiger charge is -2.32. The van der Waals surface area contributed by atoms with E-state index in [1.807, 2.05) is 6.92 Å². The summed E-state index contributed by atoms with van der Waals surface area (Å²) >= 11 is 1.60. The smallest absolute Gasteiger partial charge is 0.327 e. The molecular formula is C9H15NO3S. The molecule has 1 atom stereocenters. The highest BCUT2D eigenvalue weighted by atomic mass is 32.2. The third-order valence-corrected chi connectivity index (χ3v) is 3.22. The van der Waals surface area contributed by atoms with Gasteiger partial charge in [0.2, 0.25) is 5.91 Å². The second kappa shape index (κ2) is 5.24. The van der Waals surface area contributed by atoms with E-state index in [0.717, 1.165) is 12.2 Å². The Morgan fingerprint density at radius 3 is 2.86 bits per heavy atom. The van der Waals surface area contributed by atoms with Gasteiger partial charge in [-0.1, -0.05) is 6.92 Å². The van der Waals surface area contributed by atoms with Gasteiger partial charge in [-0.3, -0.25) is 4.79 Å². The first-order valence-electron chi connectivity index (χ1n) is 4.76. The first kappa shape index (κ1) is 11.4. The number of rotatable bonds is 3. The molecule has 1 amide bonds. The summed E-state index contributed by atoms with van der Waals surface area (Å²) in [5.41, 5.74) is 0. The molecule has 0 aromatic rings. The van der Waals surface area contributed by atoms with Gasteiger partial charge in [0.15, 0.2) is 0 Å². The van der Waals surface area contributed by atoms with Crippen molar-refractivity contribution in [1.29, 1.82) is 0 Å². The maximum Gasteiger partial charge on any atom is 0.327 e. The van der Waals surface area contributed by atoms with Crippen LogP contribution in [0.2, 0.25) is 0 Å². The van der Waals surface area contributed by atoms with E-state index in [0.29, 0.717) is 18.7 Å². The van der Waals surface area contributed by atoms with E-state index in [2.05, 4.69) is 0 Å². The molecular weight excluding hydrogens is 202 g/mol. The van der Waals surface area contributed by atoms with Crippen molar-refractivity contribution in [1.82, 2.24) is 4.90 Å². The van der Waals surface area contributed by atoms with Crippen LogP contribution in [-0.2, 0) is 9.59 Å². The van der Waals surface area contributed by atoms with E-state index in [1.54, 1.807) is 11.8 Å². The molecule has 0 radical (unpaired) electrons. The lowest BCUT2D eigenvalue weighted by Crippen LogP contribution is -2.50. The summed E-state index contributed by atoms with van der Waals surface area (Å²) in [6, 6.07) is -0.618. The van der Waals surface area contributed by atoms with Gasteiger partial charge in [0.25, 0.3) is 0 Å². The third kappa shape index (κ3) is 2.64. The van der Waals surface area contributed by atoms with Crippen molar-refractivity contribution in [2.45, 2.75) is 25.8 Å². The minimum absolute atomic E-state index is 0.0276. The monoisotopic (exact) mass is 217 g/mol. The molecule has 1 rings (SSSR count). The van der Waals surface area contributed by atoms with Gasteiger partial charge in [0, 0.05) is 24.5 Å². The van der Waals surface area contributed by atoms with Crippen LogP contribution in [0, 0.1) is 0 Å². The number of thioether (sulfide) groups is 1. The summed E-state index contributed by atoms with van der Waals surface area (Å²) in [7, 11) is 0. The molecule has 1 aliphatic heterocycles. The Bertz CT molecular complexity index is 232. The Balaban J connectivity index is 2.62. The predicted octanol–water partition coefficient (Wildman–Crippen LogP) is 0.815. The molecule has 1 aliphatic rings. The number of hydrogen-bond donors (Lipinski definition) is 1. The third-order valence-electron chi connectivity index (χ3n) is 2.20. The van der Waals surface area contributed by atoms with Crippen molar-refractivity contribution in [2.75, 3.05) is 18.1 Å². The molecule has 0 spiro atoms. The lowest BCUT2D eigenvalue weighted by molar-refractivity contribution is -0.149. The maximum absolute atomic E-state index is 11.6. The highest BCUT2D eigenvalue weighted by Crippen LogP contribution is 2.17. The first-order valence-corrected chi connectivity index (χ1v) is 5.92. The molecule has 1 unspecified atom stereocenters. The Kier molecular flexibility index (Phi) is 4.25. The quantitative estimate of drug-likeness (QED) is 0.760. The molecule has 4 nitrogen and oxygen atoms in total. The molecule has 1 saturated heterocycles. The van der Waals surface area contributed by atoms with Gasteiger partial charge in [-0.2, -0.15) is 11.8 Å². The molecule has 1 fully saturated rings. The molecule has 14 heavy (non-hydrogen) atoms. The standard InChI is InChI=1S/C9H15NO3S/c1-2-3-8(11)10-4-5-14-6-7(10)9(12)13/h7H,2-6H2,1H3,(H,12,13). The normalized spacial score (nSPS) is 22.1. The summed E-state index contributed by atoms with van der Waals surface area (Å²) in [6.45, 7) is 2.49. The number of amides is 1. The summed E-state index contributed by atoms with van der Waals surface area (Å²) in [5, 5.41) is 8.92. The zero-order valence-corrected chi connectivity index (χ0v) is 9.05. The van der Waals surface area contributed by atoms with E-state index in [4.69, 9.17) is 5.11 Å². The molecule has 0 saturated carbocycles. The lowest BCUT2D eigenvalue weighted by atomic mass is 10.2. The summed E-state index contributed by atoms with van der Waals surface area (Å²) in [4.78, 5) is 23.9. The SMILES string of the molecule is CCCC(=O)N1CCSCC1C(=O)O. The van der Waals surface area contributed by atoms with Crippen LogP contribution in [0.4, 0.5) is 0 Å². The van der Waals surface area contributed by atoms with Crippen molar-refractivity contribution in [3.05, 3.63) is 0 Å². The number of carboxylic acids is 1. The number of carboxylic acid groups (broad SMARTS) is 1. The van der Waals surface area contributed by atoms with Gasteiger partial charge in [0.05, 0.1) is 0 Å². The van der Waals surface area contributed by atoms with Crippen molar-refractivity contribution >= 4 is 23.6 Å². The topological polar surface area (TPSA) is 57.6 Å². The van der Waals surface area contributed by atoms with Crippen LogP contribution in [0.25, 0.3) is 0 Å². The van der Waals surface area contributed by atoms with Crippen molar-refractivity contribution in [3.8, 4) is 0 Å². The van der Waals surface area contributed by atoms with Gasteiger partial charge in [-0.25, -0.2) is 4.79 Å². The Morgan fingerprint density at radius 1 is 1.57 bits per heavy atom. The minimum atomic E-state index is -0.887. The fraction of sp³-hybridized carbons (Fsp3) is 0.778. The molecule has 80 valence electrons. The van der Waals surface area contributed by atoms with Crippen LogP contribution in [0.3, 0.4) is 0 Å². The van der Waals surface area contributed by atoms with Crippen LogP contribution >= 0.6 is 11.8 Å². The second-order valence-corrected chi connectivity index (χ2v) is 4.42. The van der Waals surface area contributed by atoms with Crippen molar-refractivity contribution < 1.29 is 14.7 Å². The molecule has 5 heteroatoms. The van der Waals surface area contributed by atoms with Crippen LogP contribution in [0.15, 0.2) is 0 Å². The Labute approximate surface area is 87.7 Å². The molecule has 0 aromatic carbocycles. The molecule has 1 N–H and O–H groups in total. The average molecular weight is 217 g/mol. The number of hydrogen-bond acceptors (Lipinski definition) is 3. The van der Waals surface area contributed by atoms with Crippen LogP contribution in [0.5, 0.6) is 0 Å². The number of carbonyl (C=O) groups is 2. The fourth-order valence-electron chi connectivity index (χ4n) is 1.46. The second-order valence-electron chi connectivity index (χ2n) is 3.27. The van der Waals surface area contributed by atoms with Crippen LogP contribution in [0.1, 0.15) is 19.8 Å². The van der Waals surface area contributed by atoms with Gasteiger partial charge in [-0.15, -0.1) is 0 Å². The Hall–Kier alpha value is -0.710. The minimum Gasteiger partial charge on any atom is -0.480 e. The number of carbonyl (C=O) groups excluding carboxylic acids is 1. The van der Waals surface area contributed by atoms with Crippen LogP contribution < -0.4 is 0 Å². The van der Waals surface area contributed by atoms with E-state index < -0.39 is 12.0 Å². The largest absolute Gasteiger partial charge is 0.480 e. The zero-order chi connectivity index (χ0) is 10.6. The van der Waals surface area contributed by atoms with Crippen molar-refractivity contribution in [2.24, 2.45) is 0 Å². The summed E-state index contributed by atoms with van der Waals surface area (Å²) in [6.07, 6.45) is 1.23.